The van der Waals surface area contributed by atoms with Crippen LogP contribution in [0, 0.1) is 5.92 Å². The molecule has 0 saturated carbocycles. The van der Waals surface area contributed by atoms with Gasteiger partial charge in [-0.05, 0) is 18.0 Å². The third-order valence-corrected chi connectivity index (χ3v) is 4.05. The van der Waals surface area contributed by atoms with E-state index in [-0.39, 0.29) is 5.54 Å². The fourth-order valence-corrected chi connectivity index (χ4v) is 2.68. The SMILES string of the molecule is CCN(Cc1ccccc1)C(CN)(COC)C(C)C. The zero-order valence-corrected chi connectivity index (χ0v) is 12.7. The molecule has 0 spiro atoms. The lowest BCUT2D eigenvalue weighted by molar-refractivity contribution is -0.0185. The highest BCUT2D eigenvalue weighted by Gasteiger charge is 2.37. The van der Waals surface area contributed by atoms with Crippen LogP contribution in [0.4, 0.5) is 0 Å². The van der Waals surface area contributed by atoms with E-state index in [0.29, 0.717) is 19.1 Å². The zero-order valence-electron chi connectivity index (χ0n) is 12.7. The number of nitrogens with zero attached hydrogens (tertiary/aromatic N) is 1. The summed E-state index contributed by atoms with van der Waals surface area (Å²) in [5.41, 5.74) is 7.32. The Kier molecular flexibility index (Phi) is 6.49. The molecule has 19 heavy (non-hydrogen) atoms. The van der Waals surface area contributed by atoms with E-state index < -0.39 is 0 Å². The van der Waals surface area contributed by atoms with Crippen LogP contribution in [-0.2, 0) is 11.3 Å². The molecule has 0 aliphatic carbocycles. The van der Waals surface area contributed by atoms with E-state index in [9.17, 15) is 0 Å². The topological polar surface area (TPSA) is 38.5 Å². The van der Waals surface area contributed by atoms with Crippen LogP contribution in [0.15, 0.2) is 30.3 Å². The quantitative estimate of drug-likeness (QED) is 0.784. The van der Waals surface area contributed by atoms with Gasteiger partial charge in [-0.3, -0.25) is 4.90 Å². The Morgan fingerprint density at radius 3 is 2.32 bits per heavy atom. The summed E-state index contributed by atoms with van der Waals surface area (Å²) in [6.07, 6.45) is 0. The minimum absolute atomic E-state index is 0.0979. The van der Waals surface area contributed by atoms with Crippen LogP contribution < -0.4 is 5.73 Å². The van der Waals surface area contributed by atoms with E-state index >= 15 is 0 Å². The highest BCUT2D eigenvalue weighted by molar-refractivity contribution is 5.15. The number of hydrogen-bond donors (Lipinski definition) is 1. The number of hydrogen-bond acceptors (Lipinski definition) is 3. The third kappa shape index (κ3) is 3.78. The van der Waals surface area contributed by atoms with Crippen LogP contribution in [0.25, 0.3) is 0 Å². The summed E-state index contributed by atoms with van der Waals surface area (Å²) in [5, 5.41) is 0. The monoisotopic (exact) mass is 264 g/mol. The van der Waals surface area contributed by atoms with Crippen LogP contribution >= 0.6 is 0 Å². The maximum Gasteiger partial charge on any atom is 0.0661 e. The molecule has 0 aliphatic rings. The van der Waals surface area contributed by atoms with Crippen molar-refractivity contribution in [2.75, 3.05) is 26.8 Å². The van der Waals surface area contributed by atoms with Gasteiger partial charge in [-0.1, -0.05) is 51.1 Å². The van der Waals surface area contributed by atoms with Crippen molar-refractivity contribution in [3.05, 3.63) is 35.9 Å². The van der Waals surface area contributed by atoms with Gasteiger partial charge in [0.15, 0.2) is 0 Å². The molecule has 3 heteroatoms. The van der Waals surface area contributed by atoms with Gasteiger partial charge in [-0.15, -0.1) is 0 Å². The van der Waals surface area contributed by atoms with Gasteiger partial charge >= 0.3 is 0 Å². The first-order valence-corrected chi connectivity index (χ1v) is 7.08. The number of benzene rings is 1. The fourth-order valence-electron chi connectivity index (χ4n) is 2.68. The normalized spacial score (nSPS) is 14.9. The number of likely N-dealkylation sites (N-methyl/N-ethyl adjacent to an activating group) is 1. The molecule has 0 fully saturated rings. The molecule has 1 unspecified atom stereocenters. The molecule has 1 atom stereocenters. The van der Waals surface area contributed by atoms with E-state index in [2.05, 4.69) is 49.9 Å². The van der Waals surface area contributed by atoms with Gasteiger partial charge in [-0.25, -0.2) is 0 Å². The van der Waals surface area contributed by atoms with E-state index in [0.717, 1.165) is 13.1 Å². The number of rotatable bonds is 8. The average Bonchev–Trinajstić information content (AvgIpc) is 2.43. The van der Waals surface area contributed by atoms with Crippen molar-refractivity contribution in [1.29, 1.82) is 0 Å². The molecule has 1 rings (SSSR count). The Labute approximate surface area is 117 Å². The molecule has 108 valence electrons. The predicted molar refractivity (Wildman–Crippen MR) is 81.0 cm³/mol. The van der Waals surface area contributed by atoms with Gasteiger partial charge < -0.3 is 10.5 Å². The van der Waals surface area contributed by atoms with Crippen molar-refractivity contribution < 1.29 is 4.74 Å². The van der Waals surface area contributed by atoms with Crippen molar-refractivity contribution in [1.82, 2.24) is 4.90 Å². The Bertz CT molecular complexity index is 353. The number of methoxy groups -OCH3 is 1. The molecule has 3 nitrogen and oxygen atoms in total. The van der Waals surface area contributed by atoms with Gasteiger partial charge in [0, 0.05) is 20.2 Å². The van der Waals surface area contributed by atoms with Gasteiger partial charge in [0.05, 0.1) is 12.1 Å². The molecule has 0 heterocycles. The predicted octanol–water partition coefficient (Wildman–Crippen LogP) is 2.51. The molecule has 0 aromatic heterocycles. The summed E-state index contributed by atoms with van der Waals surface area (Å²) in [6.45, 7) is 9.79. The van der Waals surface area contributed by atoms with E-state index in [1.807, 2.05) is 6.07 Å². The van der Waals surface area contributed by atoms with Crippen molar-refractivity contribution in [2.24, 2.45) is 11.7 Å². The lowest BCUT2D eigenvalue weighted by atomic mass is 9.84. The van der Waals surface area contributed by atoms with Gasteiger partial charge in [-0.2, -0.15) is 0 Å². The lowest BCUT2D eigenvalue weighted by Crippen LogP contribution is -2.59. The summed E-state index contributed by atoms with van der Waals surface area (Å²) >= 11 is 0. The van der Waals surface area contributed by atoms with Crippen molar-refractivity contribution in [2.45, 2.75) is 32.9 Å². The minimum Gasteiger partial charge on any atom is -0.383 e. The molecule has 1 aromatic carbocycles. The standard InChI is InChI=1S/C16H28N2O/c1-5-18(11-15-9-7-6-8-10-15)16(12-17,13-19-4)14(2)3/h6-10,14H,5,11-13,17H2,1-4H3. The summed E-state index contributed by atoms with van der Waals surface area (Å²) in [4.78, 5) is 2.44. The van der Waals surface area contributed by atoms with Gasteiger partial charge in [0.2, 0.25) is 0 Å². The highest BCUT2D eigenvalue weighted by atomic mass is 16.5. The largest absolute Gasteiger partial charge is 0.383 e. The van der Waals surface area contributed by atoms with E-state index in [1.165, 1.54) is 5.56 Å². The second-order valence-corrected chi connectivity index (χ2v) is 5.40. The molecular formula is C16H28N2O. The van der Waals surface area contributed by atoms with E-state index in [4.69, 9.17) is 10.5 Å². The first-order chi connectivity index (χ1) is 9.10. The smallest absolute Gasteiger partial charge is 0.0661 e. The van der Waals surface area contributed by atoms with E-state index in [1.54, 1.807) is 7.11 Å². The average molecular weight is 264 g/mol. The third-order valence-electron chi connectivity index (χ3n) is 4.05. The summed E-state index contributed by atoms with van der Waals surface area (Å²) < 4.78 is 5.46. The highest BCUT2D eigenvalue weighted by Crippen LogP contribution is 2.26. The summed E-state index contributed by atoms with van der Waals surface area (Å²) in [7, 11) is 1.75. The summed E-state index contributed by atoms with van der Waals surface area (Å²) in [6, 6.07) is 10.5. The second kappa shape index (κ2) is 7.63. The van der Waals surface area contributed by atoms with Crippen molar-refractivity contribution >= 4 is 0 Å². The fraction of sp³-hybridized carbons (Fsp3) is 0.625. The van der Waals surface area contributed by atoms with Gasteiger partial charge in [0.1, 0.15) is 0 Å². The maximum atomic E-state index is 6.10. The van der Waals surface area contributed by atoms with Crippen LogP contribution in [0.5, 0.6) is 0 Å². The first-order valence-electron chi connectivity index (χ1n) is 7.08. The Hall–Kier alpha value is -0.900. The lowest BCUT2D eigenvalue weighted by Gasteiger charge is -2.45. The molecule has 0 radical (unpaired) electrons. The first kappa shape index (κ1) is 16.2. The second-order valence-electron chi connectivity index (χ2n) is 5.40. The number of ether oxygens (including phenoxy) is 1. The van der Waals surface area contributed by atoms with Crippen molar-refractivity contribution in [3.63, 3.8) is 0 Å². The van der Waals surface area contributed by atoms with Crippen LogP contribution in [-0.4, -0.2) is 37.2 Å². The Morgan fingerprint density at radius 2 is 1.89 bits per heavy atom. The molecule has 1 aromatic rings. The Balaban J connectivity index is 2.96. The Morgan fingerprint density at radius 1 is 1.26 bits per heavy atom. The van der Waals surface area contributed by atoms with Crippen molar-refractivity contribution in [3.8, 4) is 0 Å². The molecule has 0 bridgehead atoms. The van der Waals surface area contributed by atoms with Crippen LogP contribution in [0.2, 0.25) is 0 Å². The molecule has 0 saturated heterocycles. The molecule has 0 amide bonds. The minimum atomic E-state index is -0.0979. The summed E-state index contributed by atoms with van der Waals surface area (Å²) in [5.74, 6) is 0.445. The molecule has 0 aliphatic heterocycles. The zero-order chi connectivity index (χ0) is 14.3. The van der Waals surface area contributed by atoms with Crippen LogP contribution in [0.1, 0.15) is 26.3 Å². The van der Waals surface area contributed by atoms with Gasteiger partial charge in [0.25, 0.3) is 0 Å². The maximum absolute atomic E-state index is 6.10. The molecule has 2 N–H and O–H groups in total. The number of nitrogens with two attached hydrogens (primary N) is 1. The molecular weight excluding hydrogens is 236 g/mol. The van der Waals surface area contributed by atoms with Crippen LogP contribution in [0.3, 0.4) is 0 Å².